The summed E-state index contributed by atoms with van der Waals surface area (Å²) in [5.74, 6) is 0.944. The third kappa shape index (κ3) is 4.02. The lowest BCUT2D eigenvalue weighted by atomic mass is 10.1. The maximum Gasteiger partial charge on any atom is 0.273 e. The Kier molecular flexibility index (Phi) is 5.19. The summed E-state index contributed by atoms with van der Waals surface area (Å²) in [4.78, 5) is 26.8. The van der Waals surface area contributed by atoms with Crippen LogP contribution in [0.1, 0.15) is 41.7 Å². The fraction of sp³-hybridized carbons (Fsp3) is 0.444. The summed E-state index contributed by atoms with van der Waals surface area (Å²) < 4.78 is 18.5. The van der Waals surface area contributed by atoms with Gasteiger partial charge in [0.2, 0.25) is 12.7 Å². The van der Waals surface area contributed by atoms with Crippen LogP contribution in [0.2, 0.25) is 0 Å². The molecule has 0 atom stereocenters. The number of nitrogens with zero attached hydrogens (tertiary/aromatic N) is 3. The first-order valence-electron chi connectivity index (χ1n) is 8.94. The Labute approximate surface area is 160 Å². The molecule has 8 nitrogen and oxygen atoms in total. The molecule has 142 valence electrons. The van der Waals surface area contributed by atoms with Gasteiger partial charge in [-0.05, 0) is 30.5 Å². The standard InChI is InChI=1S/C18H20N4O4S/c23-17(9-19-18(24)14-8-20-27-21-14)22(13-3-1-2-4-13)10-12-5-6-15-16(7-12)26-11-25-15/h5-8,13H,1-4,9-11H2,(H,19,24). The van der Waals surface area contributed by atoms with Crippen LogP contribution in [0.3, 0.4) is 0 Å². The Morgan fingerprint density at radius 2 is 2.04 bits per heavy atom. The molecule has 0 spiro atoms. The van der Waals surface area contributed by atoms with Crippen molar-refractivity contribution in [1.29, 1.82) is 0 Å². The Morgan fingerprint density at radius 3 is 2.81 bits per heavy atom. The summed E-state index contributed by atoms with van der Waals surface area (Å²) in [6, 6.07) is 5.92. The Bertz CT molecular complexity index is 821. The first kappa shape index (κ1) is 17.7. The average molecular weight is 388 g/mol. The van der Waals surface area contributed by atoms with Crippen molar-refractivity contribution in [2.24, 2.45) is 0 Å². The highest BCUT2D eigenvalue weighted by molar-refractivity contribution is 6.99. The molecule has 0 saturated heterocycles. The van der Waals surface area contributed by atoms with Crippen LogP contribution in [0, 0.1) is 0 Å². The highest BCUT2D eigenvalue weighted by Crippen LogP contribution is 2.33. The number of nitrogens with one attached hydrogen (secondary N) is 1. The van der Waals surface area contributed by atoms with Gasteiger partial charge < -0.3 is 19.7 Å². The zero-order valence-corrected chi connectivity index (χ0v) is 15.5. The number of ether oxygens (including phenoxy) is 2. The number of carbonyl (C=O) groups is 2. The molecule has 2 amide bonds. The monoisotopic (exact) mass is 388 g/mol. The quantitative estimate of drug-likeness (QED) is 0.813. The van der Waals surface area contributed by atoms with Crippen molar-refractivity contribution in [2.75, 3.05) is 13.3 Å². The zero-order valence-electron chi connectivity index (χ0n) is 14.7. The lowest BCUT2D eigenvalue weighted by molar-refractivity contribution is -0.133. The van der Waals surface area contributed by atoms with E-state index in [4.69, 9.17) is 9.47 Å². The second-order valence-electron chi connectivity index (χ2n) is 6.62. The van der Waals surface area contributed by atoms with Crippen LogP contribution in [0.5, 0.6) is 11.5 Å². The van der Waals surface area contributed by atoms with Gasteiger partial charge in [0, 0.05) is 12.6 Å². The van der Waals surface area contributed by atoms with Crippen molar-refractivity contribution < 1.29 is 19.1 Å². The minimum atomic E-state index is -0.383. The van der Waals surface area contributed by atoms with E-state index in [1.165, 1.54) is 6.20 Å². The Hall–Kier alpha value is -2.68. The largest absolute Gasteiger partial charge is 0.454 e. The van der Waals surface area contributed by atoms with Gasteiger partial charge >= 0.3 is 0 Å². The molecular weight excluding hydrogens is 368 g/mol. The molecule has 4 rings (SSSR count). The van der Waals surface area contributed by atoms with Crippen LogP contribution in [-0.2, 0) is 11.3 Å². The van der Waals surface area contributed by atoms with Crippen molar-refractivity contribution in [2.45, 2.75) is 38.3 Å². The molecule has 2 aliphatic rings. The molecule has 1 N–H and O–H groups in total. The fourth-order valence-corrected chi connectivity index (χ4v) is 3.90. The number of aromatic nitrogens is 2. The molecule has 1 saturated carbocycles. The van der Waals surface area contributed by atoms with E-state index < -0.39 is 0 Å². The van der Waals surface area contributed by atoms with Gasteiger partial charge in [-0.3, -0.25) is 9.59 Å². The smallest absolute Gasteiger partial charge is 0.273 e. The maximum atomic E-state index is 12.9. The lowest BCUT2D eigenvalue weighted by Gasteiger charge is -2.29. The first-order chi connectivity index (χ1) is 13.2. The Morgan fingerprint density at radius 1 is 1.22 bits per heavy atom. The van der Waals surface area contributed by atoms with Crippen LogP contribution < -0.4 is 14.8 Å². The maximum absolute atomic E-state index is 12.9. The number of rotatable bonds is 6. The average Bonchev–Trinajstić information content (AvgIpc) is 3.45. The topological polar surface area (TPSA) is 93.7 Å². The first-order valence-corrected chi connectivity index (χ1v) is 9.67. The van der Waals surface area contributed by atoms with Crippen molar-refractivity contribution in [3.05, 3.63) is 35.7 Å². The molecule has 1 aliphatic carbocycles. The van der Waals surface area contributed by atoms with Crippen LogP contribution in [0.4, 0.5) is 0 Å². The molecule has 0 radical (unpaired) electrons. The van der Waals surface area contributed by atoms with Crippen LogP contribution >= 0.6 is 11.7 Å². The molecule has 1 aromatic carbocycles. The van der Waals surface area contributed by atoms with Gasteiger partial charge in [0.15, 0.2) is 17.2 Å². The third-order valence-electron chi connectivity index (χ3n) is 4.87. The molecule has 1 fully saturated rings. The number of hydrogen-bond acceptors (Lipinski definition) is 7. The highest BCUT2D eigenvalue weighted by atomic mass is 32.1. The number of carbonyl (C=O) groups excluding carboxylic acids is 2. The van der Waals surface area contributed by atoms with Gasteiger partial charge in [0.1, 0.15) is 0 Å². The van der Waals surface area contributed by atoms with Crippen LogP contribution in [-0.4, -0.2) is 44.8 Å². The molecule has 9 heteroatoms. The van der Waals surface area contributed by atoms with Crippen molar-refractivity contribution in [1.82, 2.24) is 19.0 Å². The fourth-order valence-electron chi connectivity index (χ4n) is 3.49. The molecule has 2 aromatic rings. The van der Waals surface area contributed by atoms with Crippen molar-refractivity contribution >= 4 is 23.5 Å². The predicted molar refractivity (Wildman–Crippen MR) is 97.6 cm³/mol. The van der Waals surface area contributed by atoms with Crippen molar-refractivity contribution in [3.8, 4) is 11.5 Å². The third-order valence-corrected chi connectivity index (χ3v) is 5.35. The minimum Gasteiger partial charge on any atom is -0.454 e. The van der Waals surface area contributed by atoms with Crippen LogP contribution in [0.25, 0.3) is 0 Å². The molecular formula is C18H20N4O4S. The predicted octanol–water partition coefficient (Wildman–Crippen LogP) is 1.97. The van der Waals surface area contributed by atoms with Gasteiger partial charge in [-0.25, -0.2) is 0 Å². The van der Waals surface area contributed by atoms with Gasteiger partial charge in [0.05, 0.1) is 24.5 Å². The van der Waals surface area contributed by atoms with Gasteiger partial charge in [-0.1, -0.05) is 18.9 Å². The molecule has 2 heterocycles. The lowest BCUT2D eigenvalue weighted by Crippen LogP contribution is -2.44. The van der Waals surface area contributed by atoms with Gasteiger partial charge in [0.25, 0.3) is 5.91 Å². The molecule has 27 heavy (non-hydrogen) atoms. The van der Waals surface area contributed by atoms with Gasteiger partial charge in [-0.2, -0.15) is 8.75 Å². The zero-order chi connectivity index (χ0) is 18.6. The summed E-state index contributed by atoms with van der Waals surface area (Å²) in [6.45, 7) is 0.646. The molecule has 0 bridgehead atoms. The van der Waals surface area contributed by atoms with E-state index in [1.54, 1.807) is 0 Å². The minimum absolute atomic E-state index is 0.0581. The summed E-state index contributed by atoms with van der Waals surface area (Å²) in [5, 5.41) is 2.65. The highest BCUT2D eigenvalue weighted by Gasteiger charge is 2.27. The second kappa shape index (κ2) is 7.91. The SMILES string of the molecule is O=C(NCC(=O)N(Cc1ccc2c(c1)OCO2)C1CCCC1)c1cnsn1. The van der Waals surface area contributed by atoms with E-state index in [2.05, 4.69) is 14.1 Å². The summed E-state index contributed by atoms with van der Waals surface area (Å²) >= 11 is 0.962. The van der Waals surface area contributed by atoms with E-state index in [9.17, 15) is 9.59 Å². The van der Waals surface area contributed by atoms with Crippen LogP contribution in [0.15, 0.2) is 24.4 Å². The number of benzene rings is 1. The van der Waals surface area contributed by atoms with E-state index in [-0.39, 0.29) is 36.9 Å². The second-order valence-corrected chi connectivity index (χ2v) is 7.18. The summed E-state index contributed by atoms with van der Waals surface area (Å²) in [5.41, 5.74) is 1.21. The molecule has 1 aliphatic heterocycles. The van der Waals surface area contributed by atoms with Gasteiger partial charge in [-0.15, -0.1) is 0 Å². The summed E-state index contributed by atoms with van der Waals surface area (Å²) in [6.07, 6.45) is 5.60. The van der Waals surface area contributed by atoms with E-state index in [0.29, 0.717) is 12.3 Å². The Balaban J connectivity index is 1.43. The van der Waals surface area contributed by atoms with E-state index >= 15 is 0 Å². The number of fused-ring (bicyclic) bond motifs is 1. The summed E-state index contributed by atoms with van der Waals surface area (Å²) in [7, 11) is 0. The van der Waals surface area contributed by atoms with E-state index in [0.717, 1.165) is 48.7 Å². The normalized spacial score (nSPS) is 15.7. The van der Waals surface area contributed by atoms with E-state index in [1.807, 2.05) is 23.1 Å². The molecule has 1 aromatic heterocycles. The number of amides is 2. The van der Waals surface area contributed by atoms with Crippen molar-refractivity contribution in [3.63, 3.8) is 0 Å². The number of hydrogen-bond donors (Lipinski definition) is 1. The molecule has 0 unspecified atom stereocenters.